The third-order valence-electron chi connectivity index (χ3n) is 4.06. The average molecular weight is 370 g/mol. The van der Waals surface area contributed by atoms with Gasteiger partial charge in [-0.3, -0.25) is 14.9 Å². The molecule has 0 bridgehead atoms. The van der Waals surface area contributed by atoms with Gasteiger partial charge in [0.2, 0.25) is 5.91 Å². The van der Waals surface area contributed by atoms with Gasteiger partial charge in [0.25, 0.3) is 5.69 Å². The van der Waals surface area contributed by atoms with Crippen molar-refractivity contribution in [3.8, 4) is 11.5 Å². The third-order valence-corrected chi connectivity index (χ3v) is 4.06. The van der Waals surface area contributed by atoms with Crippen molar-refractivity contribution in [3.63, 3.8) is 0 Å². The zero-order chi connectivity index (χ0) is 19.8. The van der Waals surface area contributed by atoms with Crippen molar-refractivity contribution >= 4 is 17.7 Å². The van der Waals surface area contributed by atoms with Gasteiger partial charge in [0.15, 0.2) is 11.5 Å². The molecule has 7 heteroatoms. The van der Waals surface area contributed by atoms with E-state index in [1.54, 1.807) is 44.4 Å². The van der Waals surface area contributed by atoms with Gasteiger partial charge in [-0.25, -0.2) is 0 Å². The maximum atomic E-state index is 12.2. The highest BCUT2D eigenvalue weighted by atomic mass is 16.6. The third kappa shape index (κ3) is 5.57. The Bertz CT molecular complexity index is 848. The summed E-state index contributed by atoms with van der Waals surface area (Å²) in [5.41, 5.74) is 1.62. The minimum absolute atomic E-state index is 0.00796. The van der Waals surface area contributed by atoms with E-state index in [0.29, 0.717) is 30.0 Å². The van der Waals surface area contributed by atoms with Gasteiger partial charge in [-0.2, -0.15) is 0 Å². The molecule has 0 aliphatic heterocycles. The number of methoxy groups -OCH3 is 2. The Morgan fingerprint density at radius 3 is 2.56 bits per heavy atom. The summed E-state index contributed by atoms with van der Waals surface area (Å²) in [5.74, 6) is 1.13. The normalized spacial score (nSPS) is 10.6. The molecular formula is C20H22N2O5. The number of ether oxygens (including phenoxy) is 2. The van der Waals surface area contributed by atoms with E-state index in [1.807, 2.05) is 18.2 Å². The van der Waals surface area contributed by atoms with Crippen molar-refractivity contribution in [2.75, 3.05) is 27.8 Å². The van der Waals surface area contributed by atoms with Crippen LogP contribution in [0, 0.1) is 10.1 Å². The highest BCUT2D eigenvalue weighted by molar-refractivity contribution is 5.91. The van der Waals surface area contributed by atoms with Crippen LogP contribution >= 0.6 is 0 Å². The van der Waals surface area contributed by atoms with Crippen LogP contribution in [0.2, 0.25) is 0 Å². The first-order chi connectivity index (χ1) is 12.9. The minimum Gasteiger partial charge on any atom is -0.493 e. The molecule has 0 unspecified atom stereocenters. The van der Waals surface area contributed by atoms with Gasteiger partial charge in [-0.15, -0.1) is 0 Å². The minimum atomic E-state index is -0.464. The number of nitro groups is 1. The molecule has 1 amide bonds. The summed E-state index contributed by atoms with van der Waals surface area (Å²) in [6.45, 7) is 0.521. The van der Waals surface area contributed by atoms with Crippen LogP contribution in [0.3, 0.4) is 0 Å². The number of carbonyl (C=O) groups excluding carboxylic acids is 1. The van der Waals surface area contributed by atoms with E-state index >= 15 is 0 Å². The average Bonchev–Trinajstić information content (AvgIpc) is 2.69. The maximum absolute atomic E-state index is 12.2. The molecule has 0 aromatic heterocycles. The van der Waals surface area contributed by atoms with Crippen LogP contribution in [-0.4, -0.2) is 43.5 Å². The highest BCUT2D eigenvalue weighted by Gasteiger charge is 2.09. The van der Waals surface area contributed by atoms with Gasteiger partial charge in [-0.1, -0.05) is 18.2 Å². The second-order valence-corrected chi connectivity index (χ2v) is 5.88. The van der Waals surface area contributed by atoms with E-state index in [0.717, 1.165) is 5.56 Å². The van der Waals surface area contributed by atoms with E-state index in [-0.39, 0.29) is 11.6 Å². The Labute approximate surface area is 158 Å². The molecule has 0 N–H and O–H groups in total. The smallest absolute Gasteiger partial charge is 0.270 e. The number of benzene rings is 2. The molecule has 2 aromatic carbocycles. The Balaban J connectivity index is 1.95. The fourth-order valence-corrected chi connectivity index (χ4v) is 2.48. The number of hydrogen-bond donors (Lipinski definition) is 0. The number of rotatable bonds is 8. The Kier molecular flexibility index (Phi) is 6.93. The summed E-state index contributed by atoms with van der Waals surface area (Å²) in [6.07, 6.45) is 3.64. The summed E-state index contributed by atoms with van der Waals surface area (Å²) in [7, 11) is 4.87. The summed E-state index contributed by atoms with van der Waals surface area (Å²) in [4.78, 5) is 24.2. The Morgan fingerprint density at radius 1 is 1.15 bits per heavy atom. The molecule has 2 aromatic rings. The fourth-order valence-electron chi connectivity index (χ4n) is 2.48. The van der Waals surface area contributed by atoms with Gasteiger partial charge >= 0.3 is 0 Å². The zero-order valence-corrected chi connectivity index (χ0v) is 15.5. The predicted molar refractivity (Wildman–Crippen MR) is 103 cm³/mol. The molecule has 0 atom stereocenters. The molecule has 0 saturated carbocycles. The molecule has 0 fully saturated rings. The monoisotopic (exact) mass is 370 g/mol. The second-order valence-electron chi connectivity index (χ2n) is 5.88. The molecule has 0 aliphatic carbocycles. The van der Waals surface area contributed by atoms with Crippen LogP contribution in [0.25, 0.3) is 6.08 Å². The van der Waals surface area contributed by atoms with Gasteiger partial charge < -0.3 is 14.4 Å². The number of carbonyl (C=O) groups is 1. The Morgan fingerprint density at radius 2 is 1.89 bits per heavy atom. The SMILES string of the molecule is COc1ccc(CCN(C)C(=O)/C=C/c2cccc([N+](=O)[O-])c2)cc1OC. The number of amides is 1. The lowest BCUT2D eigenvalue weighted by atomic mass is 10.1. The molecule has 0 heterocycles. The van der Waals surface area contributed by atoms with Crippen LogP contribution < -0.4 is 9.47 Å². The van der Waals surface area contributed by atoms with Crippen LogP contribution in [0.15, 0.2) is 48.5 Å². The van der Waals surface area contributed by atoms with Crippen molar-refractivity contribution in [2.24, 2.45) is 0 Å². The van der Waals surface area contributed by atoms with E-state index < -0.39 is 4.92 Å². The van der Waals surface area contributed by atoms with E-state index in [1.165, 1.54) is 18.2 Å². The standard InChI is InChI=1S/C20H22N2O5/c1-21(12-11-16-7-9-18(26-2)19(14-16)27-3)20(23)10-8-15-5-4-6-17(13-15)22(24)25/h4-10,13-14H,11-12H2,1-3H3/b10-8+. The van der Waals surface area contributed by atoms with E-state index in [2.05, 4.69) is 0 Å². The molecule has 2 rings (SSSR count). The predicted octanol–water partition coefficient (Wildman–Crippen LogP) is 3.33. The lowest BCUT2D eigenvalue weighted by molar-refractivity contribution is -0.384. The van der Waals surface area contributed by atoms with Crippen LogP contribution in [0.4, 0.5) is 5.69 Å². The molecule has 0 saturated heterocycles. The molecule has 27 heavy (non-hydrogen) atoms. The summed E-state index contributed by atoms with van der Waals surface area (Å²) < 4.78 is 10.5. The van der Waals surface area contributed by atoms with Crippen LogP contribution in [0.1, 0.15) is 11.1 Å². The van der Waals surface area contributed by atoms with Crippen molar-refractivity contribution < 1.29 is 19.2 Å². The zero-order valence-electron chi connectivity index (χ0n) is 15.5. The van der Waals surface area contributed by atoms with Crippen molar-refractivity contribution in [2.45, 2.75) is 6.42 Å². The Hall–Kier alpha value is -3.35. The van der Waals surface area contributed by atoms with Crippen molar-refractivity contribution in [1.82, 2.24) is 4.90 Å². The first-order valence-corrected chi connectivity index (χ1v) is 8.33. The lowest BCUT2D eigenvalue weighted by Gasteiger charge is -2.16. The number of hydrogen-bond acceptors (Lipinski definition) is 5. The molecule has 142 valence electrons. The molecule has 0 radical (unpaired) electrons. The number of non-ortho nitro benzene ring substituents is 1. The lowest BCUT2D eigenvalue weighted by Crippen LogP contribution is -2.27. The summed E-state index contributed by atoms with van der Waals surface area (Å²) in [6, 6.07) is 11.8. The highest BCUT2D eigenvalue weighted by Crippen LogP contribution is 2.27. The quantitative estimate of drug-likeness (QED) is 0.404. The molecular weight excluding hydrogens is 348 g/mol. The van der Waals surface area contributed by atoms with Crippen LogP contribution in [-0.2, 0) is 11.2 Å². The summed E-state index contributed by atoms with van der Waals surface area (Å²) in [5, 5.41) is 10.8. The van der Waals surface area contributed by atoms with Gasteiger partial charge in [0.1, 0.15) is 0 Å². The topological polar surface area (TPSA) is 81.9 Å². The van der Waals surface area contributed by atoms with Crippen molar-refractivity contribution in [3.05, 3.63) is 69.8 Å². The van der Waals surface area contributed by atoms with E-state index in [4.69, 9.17) is 9.47 Å². The van der Waals surface area contributed by atoms with Crippen LogP contribution in [0.5, 0.6) is 11.5 Å². The number of likely N-dealkylation sites (N-methyl/N-ethyl adjacent to an activating group) is 1. The number of nitro benzene ring substituents is 1. The van der Waals surface area contributed by atoms with Gasteiger partial charge in [-0.05, 0) is 35.8 Å². The first kappa shape index (κ1) is 20.0. The van der Waals surface area contributed by atoms with Crippen molar-refractivity contribution in [1.29, 1.82) is 0 Å². The molecule has 7 nitrogen and oxygen atoms in total. The fraction of sp³-hybridized carbons (Fsp3) is 0.250. The maximum Gasteiger partial charge on any atom is 0.270 e. The summed E-state index contributed by atoms with van der Waals surface area (Å²) >= 11 is 0. The largest absolute Gasteiger partial charge is 0.493 e. The van der Waals surface area contributed by atoms with Gasteiger partial charge in [0.05, 0.1) is 19.1 Å². The van der Waals surface area contributed by atoms with E-state index in [9.17, 15) is 14.9 Å². The number of nitrogens with zero attached hydrogens (tertiary/aromatic N) is 2. The second kappa shape index (κ2) is 9.38. The van der Waals surface area contributed by atoms with Gasteiger partial charge in [0, 0.05) is 31.8 Å². The first-order valence-electron chi connectivity index (χ1n) is 8.33. The molecule has 0 aliphatic rings. The molecule has 0 spiro atoms.